The number of amides is 2. The third kappa shape index (κ3) is 4.46. The van der Waals surface area contributed by atoms with Crippen molar-refractivity contribution >= 4 is 11.7 Å². The number of urea groups is 1. The van der Waals surface area contributed by atoms with E-state index in [-0.39, 0.29) is 23.4 Å². The van der Waals surface area contributed by atoms with E-state index in [1.165, 1.54) is 18.2 Å². The van der Waals surface area contributed by atoms with Crippen molar-refractivity contribution in [2.24, 2.45) is 0 Å². The van der Waals surface area contributed by atoms with Gasteiger partial charge in [0.25, 0.3) is 0 Å². The fourth-order valence-electron chi connectivity index (χ4n) is 1.92. The van der Waals surface area contributed by atoms with Gasteiger partial charge < -0.3 is 10.6 Å². The molecule has 0 saturated heterocycles. The number of halogens is 4. The van der Waals surface area contributed by atoms with Gasteiger partial charge in [-0.15, -0.1) is 0 Å². The van der Waals surface area contributed by atoms with Crippen molar-refractivity contribution < 1.29 is 22.4 Å². The summed E-state index contributed by atoms with van der Waals surface area (Å²) in [7, 11) is 0. The van der Waals surface area contributed by atoms with E-state index in [1.807, 2.05) is 0 Å². The lowest BCUT2D eigenvalue weighted by Crippen LogP contribution is -2.28. The number of carbonyl (C=O) groups excluding carboxylic acids is 1. The summed E-state index contributed by atoms with van der Waals surface area (Å²) in [5.74, 6) is -0.624. The SMILES string of the molecule is N#Cc1cc(F)ccc1NC(=O)NCc1cccc(C(F)(F)F)c1. The van der Waals surface area contributed by atoms with Crippen molar-refractivity contribution in [1.29, 1.82) is 5.26 Å². The van der Waals surface area contributed by atoms with Crippen LogP contribution in [-0.4, -0.2) is 6.03 Å². The number of rotatable bonds is 3. The second-order valence-corrected chi connectivity index (χ2v) is 4.81. The van der Waals surface area contributed by atoms with Crippen LogP contribution in [-0.2, 0) is 12.7 Å². The molecule has 0 bridgehead atoms. The van der Waals surface area contributed by atoms with Crippen molar-refractivity contribution in [3.05, 3.63) is 65.0 Å². The molecule has 2 N–H and O–H groups in total. The van der Waals surface area contributed by atoms with Gasteiger partial charge >= 0.3 is 12.2 Å². The number of nitrogens with zero attached hydrogens (tertiary/aromatic N) is 1. The monoisotopic (exact) mass is 337 g/mol. The lowest BCUT2D eigenvalue weighted by molar-refractivity contribution is -0.137. The highest BCUT2D eigenvalue weighted by Crippen LogP contribution is 2.29. The Morgan fingerprint density at radius 2 is 1.92 bits per heavy atom. The molecule has 8 heteroatoms. The molecular formula is C16H11F4N3O. The molecule has 0 unspecified atom stereocenters. The van der Waals surface area contributed by atoms with E-state index in [4.69, 9.17) is 5.26 Å². The van der Waals surface area contributed by atoms with E-state index in [2.05, 4.69) is 10.6 Å². The number of hydrogen-bond acceptors (Lipinski definition) is 2. The van der Waals surface area contributed by atoms with Gasteiger partial charge in [0.15, 0.2) is 0 Å². The molecule has 0 spiro atoms. The summed E-state index contributed by atoms with van der Waals surface area (Å²) >= 11 is 0. The van der Waals surface area contributed by atoms with Crippen LogP contribution in [0.2, 0.25) is 0 Å². The van der Waals surface area contributed by atoms with Crippen LogP contribution < -0.4 is 10.6 Å². The van der Waals surface area contributed by atoms with Gasteiger partial charge in [0.1, 0.15) is 11.9 Å². The predicted molar refractivity (Wildman–Crippen MR) is 78.4 cm³/mol. The fraction of sp³-hybridized carbons (Fsp3) is 0.125. The number of anilines is 1. The van der Waals surface area contributed by atoms with E-state index < -0.39 is 23.6 Å². The van der Waals surface area contributed by atoms with Gasteiger partial charge in [0.2, 0.25) is 0 Å². The summed E-state index contributed by atoms with van der Waals surface area (Å²) < 4.78 is 50.8. The Kier molecular flexibility index (Phi) is 5.04. The Labute approximate surface area is 134 Å². The summed E-state index contributed by atoms with van der Waals surface area (Å²) in [5.41, 5.74) is -0.517. The van der Waals surface area contributed by atoms with E-state index in [9.17, 15) is 22.4 Å². The maximum Gasteiger partial charge on any atom is 0.416 e. The van der Waals surface area contributed by atoms with Crippen LogP contribution in [0.1, 0.15) is 16.7 Å². The third-order valence-electron chi connectivity index (χ3n) is 3.06. The van der Waals surface area contributed by atoms with Gasteiger partial charge in [-0.1, -0.05) is 12.1 Å². The normalized spacial score (nSPS) is 10.8. The first-order valence-electron chi connectivity index (χ1n) is 6.70. The summed E-state index contributed by atoms with van der Waals surface area (Å²) in [5, 5.41) is 13.6. The van der Waals surface area contributed by atoms with Crippen LogP contribution in [0.25, 0.3) is 0 Å². The first-order valence-corrected chi connectivity index (χ1v) is 6.70. The van der Waals surface area contributed by atoms with Gasteiger partial charge in [-0.3, -0.25) is 0 Å². The first kappa shape index (κ1) is 17.3. The number of carbonyl (C=O) groups is 1. The molecule has 4 nitrogen and oxygen atoms in total. The minimum Gasteiger partial charge on any atom is -0.334 e. The first-order chi connectivity index (χ1) is 11.3. The summed E-state index contributed by atoms with van der Waals surface area (Å²) in [4.78, 5) is 11.8. The average Bonchev–Trinajstić information content (AvgIpc) is 2.54. The topological polar surface area (TPSA) is 64.9 Å². The molecule has 0 aliphatic rings. The molecule has 24 heavy (non-hydrogen) atoms. The summed E-state index contributed by atoms with van der Waals surface area (Å²) in [6, 6.07) is 8.80. The molecule has 0 fully saturated rings. The molecular weight excluding hydrogens is 326 g/mol. The van der Waals surface area contributed by atoms with Gasteiger partial charge in [-0.25, -0.2) is 9.18 Å². The van der Waals surface area contributed by atoms with Gasteiger partial charge in [-0.05, 0) is 35.9 Å². The van der Waals surface area contributed by atoms with E-state index in [0.717, 1.165) is 24.3 Å². The lowest BCUT2D eigenvalue weighted by Gasteiger charge is -2.11. The number of nitrogens with one attached hydrogen (secondary N) is 2. The molecule has 0 radical (unpaired) electrons. The van der Waals surface area contributed by atoms with Crippen molar-refractivity contribution in [2.45, 2.75) is 12.7 Å². The fourth-order valence-corrected chi connectivity index (χ4v) is 1.92. The maximum absolute atomic E-state index is 13.0. The van der Waals surface area contributed by atoms with Crippen LogP contribution in [0.3, 0.4) is 0 Å². The molecule has 0 aromatic heterocycles. The van der Waals surface area contributed by atoms with E-state index >= 15 is 0 Å². The zero-order valence-corrected chi connectivity index (χ0v) is 12.1. The molecule has 0 heterocycles. The molecule has 2 rings (SSSR count). The van der Waals surface area contributed by atoms with Gasteiger partial charge in [0, 0.05) is 6.54 Å². The maximum atomic E-state index is 13.0. The van der Waals surface area contributed by atoms with Crippen LogP contribution in [0.5, 0.6) is 0 Å². The Balaban J connectivity index is 2.01. The Morgan fingerprint density at radius 1 is 1.17 bits per heavy atom. The van der Waals surface area contributed by atoms with Gasteiger partial charge in [-0.2, -0.15) is 18.4 Å². The summed E-state index contributed by atoms with van der Waals surface area (Å²) in [6.45, 7) is -0.140. The smallest absolute Gasteiger partial charge is 0.334 e. The quantitative estimate of drug-likeness (QED) is 0.830. The molecule has 0 aliphatic carbocycles. The molecule has 124 valence electrons. The molecule has 0 aliphatic heterocycles. The number of hydrogen-bond donors (Lipinski definition) is 2. The van der Waals surface area contributed by atoms with Crippen LogP contribution in [0.4, 0.5) is 28.0 Å². The number of nitriles is 1. The molecule has 0 atom stereocenters. The highest BCUT2D eigenvalue weighted by Gasteiger charge is 2.30. The Morgan fingerprint density at radius 3 is 2.58 bits per heavy atom. The average molecular weight is 337 g/mol. The van der Waals surface area contributed by atoms with E-state index in [0.29, 0.717) is 0 Å². The second-order valence-electron chi connectivity index (χ2n) is 4.81. The summed E-state index contributed by atoms with van der Waals surface area (Å²) in [6.07, 6.45) is -4.46. The van der Waals surface area contributed by atoms with Crippen molar-refractivity contribution in [3.63, 3.8) is 0 Å². The predicted octanol–water partition coefficient (Wildman–Crippen LogP) is 4.04. The lowest BCUT2D eigenvalue weighted by atomic mass is 10.1. The van der Waals surface area contributed by atoms with Gasteiger partial charge in [0.05, 0.1) is 16.8 Å². The molecule has 2 amide bonds. The largest absolute Gasteiger partial charge is 0.416 e. The Hall–Kier alpha value is -3.08. The minimum absolute atomic E-state index is 0.0655. The molecule has 2 aromatic rings. The third-order valence-corrected chi connectivity index (χ3v) is 3.06. The zero-order chi connectivity index (χ0) is 17.7. The second kappa shape index (κ2) is 7.00. The van der Waals surface area contributed by atoms with Crippen LogP contribution in [0, 0.1) is 17.1 Å². The molecule has 2 aromatic carbocycles. The minimum atomic E-state index is -4.46. The highest BCUT2D eigenvalue weighted by atomic mass is 19.4. The number of alkyl halides is 3. The van der Waals surface area contributed by atoms with Crippen molar-refractivity contribution in [2.75, 3.05) is 5.32 Å². The zero-order valence-electron chi connectivity index (χ0n) is 12.1. The highest BCUT2D eigenvalue weighted by molar-refractivity contribution is 5.90. The standard InChI is InChI=1S/C16H11F4N3O/c17-13-4-5-14(11(7-13)8-21)23-15(24)22-9-10-2-1-3-12(6-10)16(18,19)20/h1-7H,9H2,(H2,22,23,24). The number of benzene rings is 2. The Bertz CT molecular complexity index is 797. The van der Waals surface area contributed by atoms with Crippen molar-refractivity contribution in [3.8, 4) is 6.07 Å². The van der Waals surface area contributed by atoms with E-state index in [1.54, 1.807) is 6.07 Å². The van der Waals surface area contributed by atoms with Crippen LogP contribution in [0.15, 0.2) is 42.5 Å². The van der Waals surface area contributed by atoms with Crippen LogP contribution >= 0.6 is 0 Å². The molecule has 0 saturated carbocycles. The van der Waals surface area contributed by atoms with Crippen molar-refractivity contribution in [1.82, 2.24) is 5.32 Å².